The summed E-state index contributed by atoms with van der Waals surface area (Å²) in [7, 11) is 0. The van der Waals surface area contributed by atoms with Gasteiger partial charge in [-0.3, -0.25) is 0 Å². The van der Waals surface area contributed by atoms with Crippen LogP contribution in [0.4, 0.5) is 8.78 Å². The lowest BCUT2D eigenvalue weighted by atomic mass is 10.1. The maximum Gasteiger partial charge on any atom is 0.343 e. The molecule has 3 aromatic rings. The van der Waals surface area contributed by atoms with E-state index in [2.05, 4.69) is 20.9 Å². The Morgan fingerprint density at radius 1 is 1.16 bits per heavy atom. The second kappa shape index (κ2) is 7.14. The van der Waals surface area contributed by atoms with Crippen LogP contribution in [0.25, 0.3) is 10.9 Å². The van der Waals surface area contributed by atoms with Gasteiger partial charge in [0.25, 0.3) is 0 Å². The van der Waals surface area contributed by atoms with Gasteiger partial charge in [-0.15, -0.1) is 0 Å². The van der Waals surface area contributed by atoms with Crippen LogP contribution < -0.4 is 4.74 Å². The fourth-order valence-electron chi connectivity index (χ4n) is 2.25. The molecule has 0 atom stereocenters. The maximum atomic E-state index is 14.1. The van der Waals surface area contributed by atoms with E-state index < -0.39 is 23.4 Å². The van der Waals surface area contributed by atoms with Crippen LogP contribution in [0.3, 0.4) is 0 Å². The Bertz CT molecular complexity index is 939. The molecule has 0 saturated carbocycles. The molecule has 128 valence electrons. The number of para-hydroxylation sites is 1. The van der Waals surface area contributed by atoms with Crippen LogP contribution in [-0.2, 0) is 4.74 Å². The maximum absolute atomic E-state index is 14.1. The lowest BCUT2D eigenvalue weighted by Gasteiger charge is -2.12. The van der Waals surface area contributed by atoms with E-state index >= 15 is 0 Å². The normalized spacial score (nSPS) is 10.7. The lowest BCUT2D eigenvalue weighted by Crippen LogP contribution is -2.08. The van der Waals surface area contributed by atoms with Gasteiger partial charge in [-0.25, -0.2) is 18.6 Å². The molecule has 4 nitrogen and oxygen atoms in total. The van der Waals surface area contributed by atoms with Crippen molar-refractivity contribution >= 4 is 32.8 Å². The van der Waals surface area contributed by atoms with Crippen molar-refractivity contribution in [1.29, 1.82) is 0 Å². The number of halogens is 3. The van der Waals surface area contributed by atoms with Crippen molar-refractivity contribution in [2.75, 3.05) is 6.61 Å². The largest absolute Gasteiger partial charge is 0.462 e. The van der Waals surface area contributed by atoms with E-state index in [1.54, 1.807) is 31.2 Å². The van der Waals surface area contributed by atoms with Gasteiger partial charge >= 0.3 is 5.97 Å². The molecule has 0 radical (unpaired) electrons. The molecule has 3 rings (SSSR count). The van der Waals surface area contributed by atoms with Gasteiger partial charge in [0.15, 0.2) is 11.6 Å². The molecular weight excluding hydrogens is 396 g/mol. The second-order valence-corrected chi connectivity index (χ2v) is 5.97. The summed E-state index contributed by atoms with van der Waals surface area (Å²) in [5.41, 5.74) is 0.505. The van der Waals surface area contributed by atoms with Crippen LogP contribution in [0.15, 0.2) is 46.9 Å². The van der Waals surface area contributed by atoms with Crippen LogP contribution in [0.2, 0.25) is 0 Å². The summed E-state index contributed by atoms with van der Waals surface area (Å²) in [6, 6.07) is 10.6. The van der Waals surface area contributed by atoms with Crippen LogP contribution in [-0.4, -0.2) is 17.6 Å². The van der Waals surface area contributed by atoms with Crippen molar-refractivity contribution in [1.82, 2.24) is 4.98 Å². The standard InChI is InChI=1S/C18H12BrF2NO3/c1-2-24-18(23)12-7-10-5-3-4-6-15(10)22-17(12)25-16-13(20)8-11(19)9-14(16)21/h3-9H,2H2,1H3. The number of nitrogens with zero attached hydrogens (tertiary/aromatic N) is 1. The molecule has 0 aliphatic heterocycles. The first-order valence-corrected chi connectivity index (χ1v) is 8.18. The number of esters is 1. The summed E-state index contributed by atoms with van der Waals surface area (Å²) in [4.78, 5) is 16.4. The first-order valence-electron chi connectivity index (χ1n) is 7.39. The molecule has 7 heteroatoms. The molecule has 0 saturated heterocycles. The van der Waals surface area contributed by atoms with Crippen molar-refractivity contribution in [3.8, 4) is 11.6 Å². The molecule has 1 heterocycles. The number of aromatic nitrogens is 1. The number of fused-ring (bicyclic) bond motifs is 1. The van der Waals surface area contributed by atoms with Gasteiger partial charge < -0.3 is 9.47 Å². The van der Waals surface area contributed by atoms with E-state index in [0.29, 0.717) is 10.9 Å². The Morgan fingerprint density at radius 2 is 1.84 bits per heavy atom. The number of carbonyl (C=O) groups is 1. The highest BCUT2D eigenvalue weighted by molar-refractivity contribution is 9.10. The van der Waals surface area contributed by atoms with Crippen molar-refractivity contribution in [3.05, 3.63) is 64.1 Å². The SMILES string of the molecule is CCOC(=O)c1cc2ccccc2nc1Oc1c(F)cc(Br)cc1F. The van der Waals surface area contributed by atoms with Gasteiger partial charge in [-0.2, -0.15) is 0 Å². The van der Waals surface area contributed by atoms with Gasteiger partial charge in [0, 0.05) is 9.86 Å². The lowest BCUT2D eigenvalue weighted by molar-refractivity contribution is 0.0522. The monoisotopic (exact) mass is 407 g/mol. The van der Waals surface area contributed by atoms with Crippen molar-refractivity contribution in [3.63, 3.8) is 0 Å². The predicted octanol–water partition coefficient (Wildman–Crippen LogP) is 5.24. The fourth-order valence-corrected chi connectivity index (χ4v) is 2.66. The van der Waals surface area contributed by atoms with Gasteiger partial charge in [-0.05, 0) is 31.2 Å². The minimum atomic E-state index is -0.920. The zero-order valence-electron chi connectivity index (χ0n) is 13.1. The summed E-state index contributed by atoms with van der Waals surface area (Å²) in [5, 5.41) is 0.676. The molecule has 2 aromatic carbocycles. The molecule has 0 N–H and O–H groups in total. The summed E-state index contributed by atoms with van der Waals surface area (Å²) in [6.45, 7) is 1.80. The van der Waals surface area contributed by atoms with Gasteiger partial charge in [0.1, 0.15) is 5.56 Å². The zero-order valence-corrected chi connectivity index (χ0v) is 14.6. The minimum Gasteiger partial charge on any atom is -0.462 e. The van der Waals surface area contributed by atoms with Crippen LogP contribution in [0.5, 0.6) is 11.6 Å². The van der Waals surface area contributed by atoms with E-state index in [0.717, 1.165) is 12.1 Å². The highest BCUT2D eigenvalue weighted by atomic mass is 79.9. The van der Waals surface area contributed by atoms with Gasteiger partial charge in [0.2, 0.25) is 11.6 Å². The molecule has 0 amide bonds. The Kier molecular flexibility index (Phi) is 4.94. The molecule has 1 aromatic heterocycles. The van der Waals surface area contributed by atoms with Gasteiger partial charge in [0.05, 0.1) is 12.1 Å². The van der Waals surface area contributed by atoms with E-state index in [9.17, 15) is 13.6 Å². The quantitative estimate of drug-likeness (QED) is 0.554. The molecular formula is C18H12BrF2NO3. The fraction of sp³-hybridized carbons (Fsp3) is 0.111. The summed E-state index contributed by atoms with van der Waals surface area (Å²) >= 11 is 3.00. The topological polar surface area (TPSA) is 48.4 Å². The summed E-state index contributed by atoms with van der Waals surface area (Å²) in [5.74, 6) is -3.39. The Balaban J connectivity index is 2.13. The molecule has 0 aliphatic rings. The number of hydrogen-bond donors (Lipinski definition) is 0. The van der Waals surface area contributed by atoms with Crippen molar-refractivity contribution in [2.45, 2.75) is 6.92 Å². The molecule has 25 heavy (non-hydrogen) atoms. The third kappa shape index (κ3) is 3.61. The van der Waals surface area contributed by atoms with E-state index in [4.69, 9.17) is 9.47 Å². The average molecular weight is 408 g/mol. The Hall–Kier alpha value is -2.54. The third-order valence-corrected chi connectivity index (χ3v) is 3.80. The number of benzene rings is 2. The molecule has 0 bridgehead atoms. The van der Waals surface area contributed by atoms with E-state index in [1.807, 2.05) is 0 Å². The Morgan fingerprint density at radius 3 is 2.52 bits per heavy atom. The summed E-state index contributed by atoms with van der Waals surface area (Å²) in [6.07, 6.45) is 0. The molecule has 0 spiro atoms. The highest BCUT2D eigenvalue weighted by Gasteiger charge is 2.21. The van der Waals surface area contributed by atoms with E-state index in [1.165, 1.54) is 6.07 Å². The smallest absolute Gasteiger partial charge is 0.343 e. The highest BCUT2D eigenvalue weighted by Crippen LogP contribution is 2.32. The molecule has 0 unspecified atom stereocenters. The first kappa shape index (κ1) is 17.3. The third-order valence-electron chi connectivity index (χ3n) is 3.35. The van der Waals surface area contributed by atoms with Gasteiger partial charge in [-0.1, -0.05) is 34.1 Å². The molecule has 0 fully saturated rings. The van der Waals surface area contributed by atoms with Crippen molar-refractivity contribution < 1.29 is 23.0 Å². The summed E-state index contributed by atoms with van der Waals surface area (Å²) < 4.78 is 38.6. The van der Waals surface area contributed by atoms with Crippen LogP contribution in [0.1, 0.15) is 17.3 Å². The number of rotatable bonds is 4. The van der Waals surface area contributed by atoms with E-state index in [-0.39, 0.29) is 22.5 Å². The number of hydrogen-bond acceptors (Lipinski definition) is 4. The second-order valence-electron chi connectivity index (χ2n) is 5.05. The molecule has 0 aliphatic carbocycles. The first-order chi connectivity index (χ1) is 12.0. The zero-order chi connectivity index (χ0) is 18.0. The number of carbonyl (C=O) groups excluding carboxylic acids is 1. The average Bonchev–Trinajstić information content (AvgIpc) is 2.57. The number of pyridine rings is 1. The number of ether oxygens (including phenoxy) is 2. The predicted molar refractivity (Wildman–Crippen MR) is 91.8 cm³/mol. The minimum absolute atomic E-state index is 0.0118. The van der Waals surface area contributed by atoms with Crippen molar-refractivity contribution in [2.24, 2.45) is 0 Å². The van der Waals surface area contributed by atoms with Crippen LogP contribution >= 0.6 is 15.9 Å². The van der Waals surface area contributed by atoms with Crippen LogP contribution in [0, 0.1) is 11.6 Å². The Labute approximate surface area is 150 Å².